The fourth-order valence-corrected chi connectivity index (χ4v) is 4.17. The quantitative estimate of drug-likeness (QED) is 0.318. The summed E-state index contributed by atoms with van der Waals surface area (Å²) in [6, 6.07) is 12.5. The molecule has 0 fully saturated rings. The van der Waals surface area contributed by atoms with E-state index in [-0.39, 0.29) is 18.3 Å². The molecule has 30 heavy (non-hydrogen) atoms. The molecule has 154 valence electrons. The minimum Gasteiger partial charge on any atom is -0.492 e. The van der Waals surface area contributed by atoms with Crippen molar-refractivity contribution >= 4 is 63.0 Å². The topological polar surface area (TPSA) is 68.5 Å². The van der Waals surface area contributed by atoms with Gasteiger partial charge in [-0.1, -0.05) is 46.9 Å². The molecular formula is C20H15Cl3N4O2S. The van der Waals surface area contributed by atoms with Crippen LogP contribution in [-0.2, 0) is 4.79 Å². The van der Waals surface area contributed by atoms with E-state index >= 15 is 0 Å². The highest BCUT2D eigenvalue weighted by atomic mass is 35.5. The fourth-order valence-electron chi connectivity index (χ4n) is 2.75. The molecule has 0 unspecified atom stereocenters. The van der Waals surface area contributed by atoms with Crippen LogP contribution in [0, 0.1) is 0 Å². The van der Waals surface area contributed by atoms with Gasteiger partial charge in [-0.3, -0.25) is 10.1 Å². The van der Waals surface area contributed by atoms with E-state index < -0.39 is 0 Å². The Morgan fingerprint density at radius 2 is 1.87 bits per heavy atom. The second-order valence-corrected chi connectivity index (χ2v) is 8.45. The number of nitrogens with one attached hydrogen (secondary N) is 1. The van der Waals surface area contributed by atoms with Crippen LogP contribution in [-0.4, -0.2) is 27.1 Å². The summed E-state index contributed by atoms with van der Waals surface area (Å²) in [6.45, 7) is 0.348. The van der Waals surface area contributed by atoms with Crippen molar-refractivity contribution in [1.82, 2.24) is 14.6 Å². The second-order valence-electron chi connectivity index (χ2n) is 6.33. The Labute approximate surface area is 191 Å². The molecule has 4 aromatic rings. The third-order valence-electron chi connectivity index (χ3n) is 4.17. The summed E-state index contributed by atoms with van der Waals surface area (Å²) < 4.78 is 7.29. The van der Waals surface area contributed by atoms with Crippen LogP contribution >= 0.6 is 46.1 Å². The number of aromatic nitrogens is 3. The van der Waals surface area contributed by atoms with Crippen LogP contribution in [0.25, 0.3) is 16.2 Å². The van der Waals surface area contributed by atoms with Gasteiger partial charge in [-0.15, -0.1) is 16.4 Å². The van der Waals surface area contributed by atoms with Crippen LogP contribution in [0.2, 0.25) is 15.1 Å². The number of nitrogens with zero attached hydrogens (tertiary/aromatic N) is 3. The van der Waals surface area contributed by atoms with E-state index in [1.54, 1.807) is 22.7 Å². The van der Waals surface area contributed by atoms with E-state index in [0.717, 1.165) is 11.3 Å². The minimum atomic E-state index is -0.188. The summed E-state index contributed by atoms with van der Waals surface area (Å²) in [4.78, 5) is 17.3. The van der Waals surface area contributed by atoms with Crippen LogP contribution in [0.15, 0.2) is 47.8 Å². The zero-order valence-electron chi connectivity index (χ0n) is 15.4. The number of halogens is 3. The molecule has 0 aliphatic heterocycles. The summed E-state index contributed by atoms with van der Waals surface area (Å²) in [5.74, 6) is 0.614. The van der Waals surface area contributed by atoms with Crippen molar-refractivity contribution in [3.05, 3.63) is 62.9 Å². The first-order chi connectivity index (χ1) is 14.5. The summed E-state index contributed by atoms with van der Waals surface area (Å²) >= 11 is 19.3. The molecule has 6 nitrogen and oxygen atoms in total. The zero-order chi connectivity index (χ0) is 21.1. The highest BCUT2D eigenvalue weighted by Crippen LogP contribution is 2.28. The molecule has 0 aliphatic rings. The molecule has 0 bridgehead atoms. The lowest BCUT2D eigenvalue weighted by Gasteiger charge is -2.07. The number of fused-ring (bicyclic) bond motifs is 1. The molecule has 2 heterocycles. The second kappa shape index (κ2) is 9.22. The predicted molar refractivity (Wildman–Crippen MR) is 121 cm³/mol. The van der Waals surface area contributed by atoms with Crippen molar-refractivity contribution in [2.24, 2.45) is 0 Å². The van der Waals surface area contributed by atoms with E-state index in [4.69, 9.17) is 39.5 Å². The maximum absolute atomic E-state index is 12.2. The summed E-state index contributed by atoms with van der Waals surface area (Å²) in [6.07, 6.45) is 0.783. The summed E-state index contributed by atoms with van der Waals surface area (Å²) in [5.41, 5.74) is 1.85. The molecule has 4 rings (SSSR count). The van der Waals surface area contributed by atoms with Gasteiger partial charge >= 0.3 is 0 Å². The van der Waals surface area contributed by atoms with Gasteiger partial charge in [0, 0.05) is 27.4 Å². The van der Waals surface area contributed by atoms with Gasteiger partial charge in [0.15, 0.2) is 0 Å². The average molecular weight is 482 g/mol. The predicted octanol–water partition coefficient (Wildman–Crippen LogP) is 6.22. The largest absolute Gasteiger partial charge is 0.492 e. The molecule has 2 aromatic carbocycles. The SMILES string of the molecule is O=C(CCCOc1ccc(Cl)cc1Cl)Nc1nc2scc(-c3ccc(Cl)cc3)n2n1. The lowest BCUT2D eigenvalue weighted by atomic mass is 10.2. The number of carbonyl (C=O) groups is 1. The van der Waals surface area contributed by atoms with Crippen molar-refractivity contribution in [3.63, 3.8) is 0 Å². The molecule has 0 aliphatic carbocycles. The number of rotatable bonds is 7. The van der Waals surface area contributed by atoms with Crippen LogP contribution in [0.5, 0.6) is 5.75 Å². The Kier molecular flexibility index (Phi) is 6.43. The molecule has 1 N–H and O–H groups in total. The number of amides is 1. The lowest BCUT2D eigenvalue weighted by Crippen LogP contribution is -2.14. The Balaban J connectivity index is 1.32. The Morgan fingerprint density at radius 3 is 2.63 bits per heavy atom. The van der Waals surface area contributed by atoms with Gasteiger partial charge < -0.3 is 4.74 Å². The average Bonchev–Trinajstić information content (AvgIpc) is 3.27. The molecule has 0 atom stereocenters. The zero-order valence-corrected chi connectivity index (χ0v) is 18.5. The number of carbonyl (C=O) groups excluding carboxylic acids is 1. The first-order valence-corrected chi connectivity index (χ1v) is 11.0. The van der Waals surface area contributed by atoms with Gasteiger partial charge in [-0.2, -0.15) is 4.98 Å². The van der Waals surface area contributed by atoms with Crippen molar-refractivity contribution in [1.29, 1.82) is 0 Å². The van der Waals surface area contributed by atoms with E-state index in [0.29, 0.717) is 38.8 Å². The third-order valence-corrected chi connectivity index (χ3v) is 5.77. The van der Waals surface area contributed by atoms with Crippen LogP contribution in [0.4, 0.5) is 5.95 Å². The number of thiazole rings is 1. The van der Waals surface area contributed by atoms with E-state index in [2.05, 4.69) is 15.4 Å². The molecule has 10 heteroatoms. The summed E-state index contributed by atoms with van der Waals surface area (Å²) in [7, 11) is 0. The van der Waals surface area contributed by atoms with Crippen molar-refractivity contribution < 1.29 is 9.53 Å². The Hall–Kier alpha value is -2.32. The van der Waals surface area contributed by atoms with Crippen molar-refractivity contribution in [2.75, 3.05) is 11.9 Å². The normalized spacial score (nSPS) is 11.0. The van der Waals surface area contributed by atoms with Gasteiger partial charge in [-0.05, 0) is 36.8 Å². The molecule has 0 saturated heterocycles. The number of hydrogen-bond donors (Lipinski definition) is 1. The lowest BCUT2D eigenvalue weighted by molar-refractivity contribution is -0.116. The smallest absolute Gasteiger partial charge is 0.250 e. The van der Waals surface area contributed by atoms with Crippen LogP contribution < -0.4 is 10.1 Å². The van der Waals surface area contributed by atoms with Crippen molar-refractivity contribution in [3.8, 4) is 17.0 Å². The number of ether oxygens (including phenoxy) is 1. The van der Waals surface area contributed by atoms with Gasteiger partial charge in [0.05, 0.1) is 17.3 Å². The molecule has 1 amide bonds. The van der Waals surface area contributed by atoms with Gasteiger partial charge in [-0.25, -0.2) is 4.52 Å². The van der Waals surface area contributed by atoms with E-state index in [1.807, 2.05) is 29.6 Å². The van der Waals surface area contributed by atoms with Crippen molar-refractivity contribution in [2.45, 2.75) is 12.8 Å². The highest BCUT2D eigenvalue weighted by molar-refractivity contribution is 7.15. The standard InChI is InChI=1S/C20H15Cl3N4O2S/c21-13-5-3-12(4-6-13)16-11-30-20-25-19(26-27(16)20)24-18(28)2-1-9-29-17-8-7-14(22)10-15(17)23/h3-8,10-11H,1-2,9H2,(H,24,26,28). The first-order valence-electron chi connectivity index (χ1n) is 8.97. The first kappa shape index (κ1) is 20.9. The number of anilines is 1. The third kappa shape index (κ3) is 4.87. The Morgan fingerprint density at radius 1 is 1.10 bits per heavy atom. The highest BCUT2D eigenvalue weighted by Gasteiger charge is 2.13. The molecular weight excluding hydrogens is 467 g/mol. The van der Waals surface area contributed by atoms with Gasteiger partial charge in [0.25, 0.3) is 0 Å². The van der Waals surface area contributed by atoms with E-state index in [9.17, 15) is 4.79 Å². The Bertz CT molecular complexity index is 1190. The molecule has 0 saturated carbocycles. The maximum atomic E-state index is 12.2. The molecule has 2 aromatic heterocycles. The summed E-state index contributed by atoms with van der Waals surface area (Å²) in [5, 5.41) is 10.7. The number of benzene rings is 2. The fraction of sp³-hybridized carbons (Fsp3) is 0.150. The minimum absolute atomic E-state index is 0.188. The molecule has 0 radical (unpaired) electrons. The van der Waals surface area contributed by atoms with Crippen LogP contribution in [0.1, 0.15) is 12.8 Å². The number of hydrogen-bond acceptors (Lipinski definition) is 5. The van der Waals surface area contributed by atoms with Gasteiger partial charge in [0.1, 0.15) is 5.75 Å². The van der Waals surface area contributed by atoms with E-state index in [1.165, 1.54) is 11.3 Å². The monoisotopic (exact) mass is 480 g/mol. The molecule has 0 spiro atoms. The van der Waals surface area contributed by atoms with Crippen LogP contribution in [0.3, 0.4) is 0 Å². The van der Waals surface area contributed by atoms with Gasteiger partial charge in [0.2, 0.25) is 16.8 Å². The maximum Gasteiger partial charge on any atom is 0.250 e.